The monoisotopic (exact) mass is 422 g/mol. The van der Waals surface area contributed by atoms with Crippen molar-refractivity contribution >= 4 is 23.1 Å². The Morgan fingerprint density at radius 1 is 1.00 bits per heavy atom. The van der Waals surface area contributed by atoms with Gasteiger partial charge < -0.3 is 24.8 Å². The van der Waals surface area contributed by atoms with Gasteiger partial charge in [0.1, 0.15) is 5.75 Å². The van der Waals surface area contributed by atoms with Crippen molar-refractivity contribution in [2.45, 2.75) is 6.18 Å². The SMILES string of the molecule is COc1cc(Nc2ncc(F)c(Nc3ccc4c(c3)OCO4)n2)cc(C(F)(F)F)c1. The Kier molecular flexibility index (Phi) is 4.94. The highest BCUT2D eigenvalue weighted by Crippen LogP contribution is 2.36. The van der Waals surface area contributed by atoms with Crippen LogP contribution in [0.2, 0.25) is 0 Å². The van der Waals surface area contributed by atoms with Crippen LogP contribution in [-0.2, 0) is 6.18 Å². The number of benzene rings is 2. The molecule has 1 aliphatic heterocycles. The molecule has 0 saturated heterocycles. The van der Waals surface area contributed by atoms with Gasteiger partial charge in [-0.05, 0) is 24.3 Å². The fourth-order valence-electron chi connectivity index (χ4n) is 2.71. The fourth-order valence-corrected chi connectivity index (χ4v) is 2.71. The van der Waals surface area contributed by atoms with E-state index in [4.69, 9.17) is 14.2 Å². The smallest absolute Gasteiger partial charge is 0.416 e. The zero-order valence-electron chi connectivity index (χ0n) is 15.4. The number of hydrogen-bond donors (Lipinski definition) is 2. The summed E-state index contributed by atoms with van der Waals surface area (Å²) in [7, 11) is 1.25. The minimum absolute atomic E-state index is 0.00635. The molecule has 30 heavy (non-hydrogen) atoms. The second-order valence-electron chi connectivity index (χ2n) is 6.16. The van der Waals surface area contributed by atoms with Crippen LogP contribution in [-0.4, -0.2) is 23.9 Å². The molecule has 0 radical (unpaired) electrons. The molecule has 2 N–H and O–H groups in total. The van der Waals surface area contributed by atoms with E-state index in [1.165, 1.54) is 13.2 Å². The maximum Gasteiger partial charge on any atom is 0.416 e. The van der Waals surface area contributed by atoms with Crippen LogP contribution in [0.4, 0.5) is 40.7 Å². The molecule has 3 aromatic rings. The van der Waals surface area contributed by atoms with Crippen LogP contribution in [0.1, 0.15) is 5.56 Å². The van der Waals surface area contributed by atoms with Gasteiger partial charge in [0.15, 0.2) is 23.1 Å². The summed E-state index contributed by atoms with van der Waals surface area (Å²) in [6.07, 6.45) is -3.67. The van der Waals surface area contributed by atoms with Crippen LogP contribution in [0, 0.1) is 5.82 Å². The van der Waals surface area contributed by atoms with Gasteiger partial charge in [0.2, 0.25) is 12.7 Å². The molecule has 0 fully saturated rings. The first-order chi connectivity index (χ1) is 14.3. The van der Waals surface area contributed by atoms with Gasteiger partial charge in [0.25, 0.3) is 0 Å². The highest BCUT2D eigenvalue weighted by molar-refractivity contribution is 5.64. The van der Waals surface area contributed by atoms with Crippen LogP contribution in [0.15, 0.2) is 42.6 Å². The van der Waals surface area contributed by atoms with E-state index in [9.17, 15) is 17.6 Å². The average Bonchev–Trinajstić information content (AvgIpc) is 3.17. The predicted molar refractivity (Wildman–Crippen MR) is 99.1 cm³/mol. The Hall–Kier alpha value is -3.76. The van der Waals surface area contributed by atoms with E-state index in [2.05, 4.69) is 20.6 Å². The maximum absolute atomic E-state index is 14.2. The molecule has 0 amide bonds. The first-order valence-electron chi connectivity index (χ1n) is 8.54. The van der Waals surface area contributed by atoms with E-state index in [1.807, 2.05) is 0 Å². The van der Waals surface area contributed by atoms with Crippen molar-refractivity contribution in [3.05, 3.63) is 54.0 Å². The molecular formula is C19H14F4N4O3. The van der Waals surface area contributed by atoms with Gasteiger partial charge in [-0.15, -0.1) is 0 Å². The molecule has 0 unspecified atom stereocenters. The normalized spacial score (nSPS) is 12.6. The highest BCUT2D eigenvalue weighted by atomic mass is 19.4. The molecular weight excluding hydrogens is 408 g/mol. The summed E-state index contributed by atoms with van der Waals surface area (Å²) < 4.78 is 68.8. The van der Waals surface area contributed by atoms with E-state index in [1.54, 1.807) is 18.2 Å². The summed E-state index contributed by atoms with van der Waals surface area (Å²) in [6.45, 7) is 0.0924. The van der Waals surface area contributed by atoms with Crippen molar-refractivity contribution in [3.63, 3.8) is 0 Å². The van der Waals surface area contributed by atoms with E-state index >= 15 is 0 Å². The summed E-state index contributed by atoms with van der Waals surface area (Å²) in [5.41, 5.74) is -0.406. The summed E-state index contributed by atoms with van der Waals surface area (Å²) in [4.78, 5) is 7.78. The summed E-state index contributed by atoms with van der Waals surface area (Å²) in [5, 5.41) is 5.41. The zero-order valence-corrected chi connectivity index (χ0v) is 15.4. The molecule has 0 saturated carbocycles. The number of rotatable bonds is 5. The van der Waals surface area contributed by atoms with E-state index in [0.29, 0.717) is 17.2 Å². The number of hydrogen-bond acceptors (Lipinski definition) is 7. The van der Waals surface area contributed by atoms with Crippen LogP contribution >= 0.6 is 0 Å². The van der Waals surface area contributed by atoms with E-state index < -0.39 is 17.6 Å². The highest BCUT2D eigenvalue weighted by Gasteiger charge is 2.31. The van der Waals surface area contributed by atoms with Crippen molar-refractivity contribution < 1.29 is 31.8 Å². The zero-order chi connectivity index (χ0) is 21.3. The van der Waals surface area contributed by atoms with Crippen LogP contribution in [0.3, 0.4) is 0 Å². The Balaban J connectivity index is 1.59. The number of nitrogens with one attached hydrogen (secondary N) is 2. The second-order valence-corrected chi connectivity index (χ2v) is 6.16. The third-order valence-corrected chi connectivity index (χ3v) is 4.11. The molecule has 11 heteroatoms. The lowest BCUT2D eigenvalue weighted by molar-refractivity contribution is -0.137. The molecule has 1 aromatic heterocycles. The van der Waals surface area contributed by atoms with Gasteiger partial charge in [0, 0.05) is 23.5 Å². The largest absolute Gasteiger partial charge is 0.497 e. The summed E-state index contributed by atoms with van der Waals surface area (Å²) in [5.74, 6) is 0.00717. The Morgan fingerprint density at radius 2 is 1.80 bits per heavy atom. The minimum atomic E-state index is -4.57. The van der Waals surface area contributed by atoms with Gasteiger partial charge in [-0.2, -0.15) is 18.2 Å². The fraction of sp³-hybridized carbons (Fsp3) is 0.158. The van der Waals surface area contributed by atoms with Gasteiger partial charge >= 0.3 is 6.18 Å². The Labute approximate surface area is 167 Å². The number of methoxy groups -OCH3 is 1. The number of ether oxygens (including phenoxy) is 3. The predicted octanol–water partition coefficient (Wildman–Crippen LogP) is 4.86. The van der Waals surface area contributed by atoms with Crippen molar-refractivity contribution in [1.29, 1.82) is 0 Å². The molecule has 1 aliphatic rings. The number of halogens is 4. The summed E-state index contributed by atoms with van der Waals surface area (Å²) in [6, 6.07) is 7.97. The maximum atomic E-state index is 14.2. The van der Waals surface area contributed by atoms with Gasteiger partial charge in [0.05, 0.1) is 18.9 Å². The quantitative estimate of drug-likeness (QED) is 0.569. The molecule has 0 bridgehead atoms. The molecule has 7 nitrogen and oxygen atoms in total. The number of nitrogens with zero attached hydrogens (tertiary/aromatic N) is 2. The Morgan fingerprint density at radius 3 is 2.57 bits per heavy atom. The van der Waals surface area contributed by atoms with E-state index in [-0.39, 0.29) is 30.0 Å². The molecule has 2 heterocycles. The lowest BCUT2D eigenvalue weighted by atomic mass is 10.2. The third kappa shape index (κ3) is 4.14. The number of alkyl halides is 3. The van der Waals surface area contributed by atoms with Gasteiger partial charge in [-0.1, -0.05) is 0 Å². The van der Waals surface area contributed by atoms with Crippen molar-refractivity contribution in [1.82, 2.24) is 9.97 Å². The average molecular weight is 422 g/mol. The van der Waals surface area contributed by atoms with Crippen LogP contribution < -0.4 is 24.8 Å². The molecule has 156 valence electrons. The first kappa shape index (κ1) is 19.6. The summed E-state index contributed by atoms with van der Waals surface area (Å²) >= 11 is 0. The second kappa shape index (κ2) is 7.58. The van der Waals surface area contributed by atoms with E-state index in [0.717, 1.165) is 18.3 Å². The topological polar surface area (TPSA) is 77.5 Å². The molecule has 2 aromatic carbocycles. The number of anilines is 4. The van der Waals surface area contributed by atoms with Crippen LogP contribution in [0.5, 0.6) is 17.2 Å². The van der Waals surface area contributed by atoms with Crippen molar-refractivity contribution in [2.24, 2.45) is 0 Å². The molecule has 0 aliphatic carbocycles. The number of fused-ring (bicyclic) bond motifs is 1. The van der Waals surface area contributed by atoms with Crippen molar-refractivity contribution in [3.8, 4) is 17.2 Å². The van der Waals surface area contributed by atoms with Gasteiger partial charge in [-0.25, -0.2) is 9.37 Å². The molecule has 4 rings (SSSR count). The lowest BCUT2D eigenvalue weighted by Gasteiger charge is -2.13. The standard InChI is InChI=1S/C19H14F4N4O3/c1-28-13-5-10(19(21,22)23)4-12(6-13)26-18-24-8-14(20)17(27-18)25-11-2-3-15-16(7-11)30-9-29-15/h2-8H,9H2,1H3,(H2,24,25,26,27). The van der Waals surface area contributed by atoms with Gasteiger partial charge in [-0.3, -0.25) is 0 Å². The first-order valence-corrected chi connectivity index (χ1v) is 8.54. The minimum Gasteiger partial charge on any atom is -0.497 e. The molecule has 0 spiro atoms. The van der Waals surface area contributed by atoms with Crippen LogP contribution in [0.25, 0.3) is 0 Å². The van der Waals surface area contributed by atoms with Crippen molar-refractivity contribution in [2.75, 3.05) is 24.5 Å². The Bertz CT molecular complexity index is 1090. The lowest BCUT2D eigenvalue weighted by Crippen LogP contribution is -2.07. The third-order valence-electron chi connectivity index (χ3n) is 4.11. The molecule has 0 atom stereocenters. The number of aromatic nitrogens is 2.